The van der Waals surface area contributed by atoms with Crippen LogP contribution in [-0.2, 0) is 11.2 Å². The van der Waals surface area contributed by atoms with E-state index in [0.29, 0.717) is 5.92 Å². The predicted molar refractivity (Wildman–Crippen MR) is 68.5 cm³/mol. The second kappa shape index (κ2) is 5.52. The van der Waals surface area contributed by atoms with E-state index in [1.165, 1.54) is 11.1 Å². The quantitative estimate of drug-likeness (QED) is 0.869. The number of hydrogen-bond acceptors (Lipinski definition) is 3. The van der Waals surface area contributed by atoms with Crippen molar-refractivity contribution in [2.45, 2.75) is 31.7 Å². The van der Waals surface area contributed by atoms with E-state index in [1.54, 1.807) is 7.11 Å². The van der Waals surface area contributed by atoms with Gasteiger partial charge in [-0.15, -0.1) is 0 Å². The first-order valence-electron chi connectivity index (χ1n) is 6.21. The van der Waals surface area contributed by atoms with Gasteiger partial charge in [-0.1, -0.05) is 12.1 Å². The minimum atomic E-state index is 0.152. The van der Waals surface area contributed by atoms with Gasteiger partial charge in [0.25, 0.3) is 0 Å². The lowest BCUT2D eigenvalue weighted by molar-refractivity contribution is 0.194. The Hall–Kier alpha value is -1.06. The lowest BCUT2D eigenvalue weighted by atomic mass is 9.94. The Balaban J connectivity index is 2.23. The van der Waals surface area contributed by atoms with Crippen LogP contribution in [-0.4, -0.2) is 26.4 Å². The highest BCUT2D eigenvalue weighted by Gasteiger charge is 2.19. The highest BCUT2D eigenvalue weighted by molar-refractivity contribution is 5.39. The molecule has 2 N–H and O–H groups in total. The van der Waals surface area contributed by atoms with Crippen LogP contribution in [0.4, 0.5) is 0 Å². The van der Waals surface area contributed by atoms with Crippen molar-refractivity contribution in [1.29, 1.82) is 0 Å². The van der Waals surface area contributed by atoms with Crippen LogP contribution in [0.1, 0.15) is 30.4 Å². The van der Waals surface area contributed by atoms with E-state index in [-0.39, 0.29) is 6.04 Å². The van der Waals surface area contributed by atoms with Crippen LogP contribution in [0.2, 0.25) is 0 Å². The zero-order valence-electron chi connectivity index (χ0n) is 10.6. The molecular weight excluding hydrogens is 214 g/mol. The number of methoxy groups -OCH3 is 1. The van der Waals surface area contributed by atoms with Crippen molar-refractivity contribution in [3.05, 3.63) is 29.3 Å². The van der Waals surface area contributed by atoms with Crippen molar-refractivity contribution in [3.63, 3.8) is 0 Å². The zero-order chi connectivity index (χ0) is 12.3. The number of rotatable bonds is 4. The topological polar surface area (TPSA) is 44.5 Å². The summed E-state index contributed by atoms with van der Waals surface area (Å²) in [5, 5.41) is 0. The number of benzene rings is 1. The van der Waals surface area contributed by atoms with Crippen molar-refractivity contribution in [1.82, 2.24) is 0 Å². The van der Waals surface area contributed by atoms with Gasteiger partial charge < -0.3 is 15.2 Å². The first kappa shape index (κ1) is 12.4. The molecule has 2 unspecified atom stereocenters. The maximum Gasteiger partial charge on any atom is 0.122 e. The zero-order valence-corrected chi connectivity index (χ0v) is 10.6. The average molecular weight is 235 g/mol. The van der Waals surface area contributed by atoms with Crippen molar-refractivity contribution >= 4 is 0 Å². The molecule has 94 valence electrons. The standard InChI is InChI=1S/C14H21NO2/c1-10(15)7-13-8-11(3-4-14(13)16-2)12-5-6-17-9-12/h3-4,8,10,12H,5-7,9,15H2,1-2H3. The molecule has 1 saturated heterocycles. The van der Waals surface area contributed by atoms with Gasteiger partial charge >= 0.3 is 0 Å². The molecule has 1 aromatic rings. The molecule has 1 aliphatic rings. The summed E-state index contributed by atoms with van der Waals surface area (Å²) in [4.78, 5) is 0. The monoisotopic (exact) mass is 235 g/mol. The molecule has 0 aliphatic carbocycles. The van der Waals surface area contributed by atoms with E-state index in [9.17, 15) is 0 Å². The Bertz CT molecular complexity index is 370. The van der Waals surface area contributed by atoms with Crippen LogP contribution in [0.15, 0.2) is 18.2 Å². The molecule has 0 amide bonds. The van der Waals surface area contributed by atoms with E-state index in [2.05, 4.69) is 12.1 Å². The molecule has 1 aliphatic heterocycles. The molecule has 0 saturated carbocycles. The fraction of sp³-hybridized carbons (Fsp3) is 0.571. The Kier molecular flexibility index (Phi) is 4.02. The van der Waals surface area contributed by atoms with Crippen molar-refractivity contribution in [2.75, 3.05) is 20.3 Å². The van der Waals surface area contributed by atoms with E-state index < -0.39 is 0 Å². The van der Waals surface area contributed by atoms with E-state index >= 15 is 0 Å². The van der Waals surface area contributed by atoms with Gasteiger partial charge in [-0.3, -0.25) is 0 Å². The van der Waals surface area contributed by atoms with E-state index in [4.69, 9.17) is 15.2 Å². The fourth-order valence-electron chi connectivity index (χ4n) is 2.36. The summed E-state index contributed by atoms with van der Waals surface area (Å²) < 4.78 is 10.8. The van der Waals surface area contributed by atoms with Gasteiger partial charge in [0.15, 0.2) is 0 Å². The van der Waals surface area contributed by atoms with Gasteiger partial charge in [0.05, 0.1) is 13.7 Å². The van der Waals surface area contributed by atoms with Gasteiger partial charge in [-0.2, -0.15) is 0 Å². The molecule has 0 radical (unpaired) electrons. The normalized spacial score (nSPS) is 21.5. The molecule has 3 nitrogen and oxygen atoms in total. The summed E-state index contributed by atoms with van der Waals surface area (Å²) >= 11 is 0. The molecule has 2 atom stereocenters. The van der Waals surface area contributed by atoms with E-state index in [0.717, 1.165) is 31.8 Å². The van der Waals surface area contributed by atoms with Gasteiger partial charge in [0.2, 0.25) is 0 Å². The van der Waals surface area contributed by atoms with Gasteiger partial charge in [-0.25, -0.2) is 0 Å². The molecular formula is C14H21NO2. The fourth-order valence-corrected chi connectivity index (χ4v) is 2.36. The predicted octanol–water partition coefficient (Wildman–Crippen LogP) is 2.09. The number of nitrogens with two attached hydrogens (primary N) is 1. The second-order valence-corrected chi connectivity index (χ2v) is 4.81. The molecule has 17 heavy (non-hydrogen) atoms. The van der Waals surface area contributed by atoms with Crippen LogP contribution in [0.5, 0.6) is 5.75 Å². The molecule has 1 aromatic carbocycles. The smallest absolute Gasteiger partial charge is 0.122 e. The molecule has 0 spiro atoms. The molecule has 3 heteroatoms. The Morgan fingerprint density at radius 2 is 2.35 bits per heavy atom. The summed E-state index contributed by atoms with van der Waals surface area (Å²) in [6.07, 6.45) is 1.97. The summed E-state index contributed by atoms with van der Waals surface area (Å²) in [6.45, 7) is 3.73. The van der Waals surface area contributed by atoms with Gasteiger partial charge in [0, 0.05) is 18.6 Å². The molecule has 2 rings (SSSR count). The first-order chi connectivity index (χ1) is 8.20. The number of ether oxygens (including phenoxy) is 2. The van der Waals surface area contributed by atoms with Crippen molar-refractivity contribution in [2.24, 2.45) is 5.73 Å². The Morgan fingerprint density at radius 1 is 1.53 bits per heavy atom. The third-order valence-electron chi connectivity index (χ3n) is 3.25. The summed E-state index contributed by atoms with van der Waals surface area (Å²) in [7, 11) is 1.71. The largest absolute Gasteiger partial charge is 0.496 e. The van der Waals surface area contributed by atoms with Crippen LogP contribution in [0, 0.1) is 0 Å². The highest BCUT2D eigenvalue weighted by Crippen LogP contribution is 2.29. The SMILES string of the molecule is COc1ccc(C2CCOC2)cc1CC(C)N. The molecule has 1 heterocycles. The minimum Gasteiger partial charge on any atom is -0.496 e. The number of hydrogen-bond donors (Lipinski definition) is 1. The Labute approximate surface area is 103 Å². The lowest BCUT2D eigenvalue weighted by Gasteiger charge is -2.15. The molecule has 0 bridgehead atoms. The maximum atomic E-state index is 5.87. The minimum absolute atomic E-state index is 0.152. The molecule has 1 fully saturated rings. The van der Waals surface area contributed by atoms with Crippen LogP contribution >= 0.6 is 0 Å². The summed E-state index contributed by atoms with van der Waals surface area (Å²) in [6, 6.07) is 6.56. The van der Waals surface area contributed by atoms with Crippen molar-refractivity contribution in [3.8, 4) is 5.75 Å². The Morgan fingerprint density at radius 3 is 2.94 bits per heavy atom. The van der Waals surface area contributed by atoms with Crippen molar-refractivity contribution < 1.29 is 9.47 Å². The average Bonchev–Trinajstić information content (AvgIpc) is 2.81. The van der Waals surface area contributed by atoms with Gasteiger partial charge in [0.1, 0.15) is 5.75 Å². The van der Waals surface area contributed by atoms with E-state index in [1.807, 2.05) is 13.0 Å². The van der Waals surface area contributed by atoms with Gasteiger partial charge in [-0.05, 0) is 37.0 Å². The first-order valence-corrected chi connectivity index (χ1v) is 6.21. The van der Waals surface area contributed by atoms with Crippen LogP contribution in [0.3, 0.4) is 0 Å². The third kappa shape index (κ3) is 2.99. The summed E-state index contributed by atoms with van der Waals surface area (Å²) in [5.74, 6) is 1.47. The van der Waals surface area contributed by atoms with Crippen LogP contribution < -0.4 is 10.5 Å². The maximum absolute atomic E-state index is 5.87. The van der Waals surface area contributed by atoms with Crippen LogP contribution in [0.25, 0.3) is 0 Å². The lowest BCUT2D eigenvalue weighted by Crippen LogP contribution is -2.18. The third-order valence-corrected chi connectivity index (χ3v) is 3.25. The second-order valence-electron chi connectivity index (χ2n) is 4.81. The summed E-state index contributed by atoms with van der Waals surface area (Å²) in [5.41, 5.74) is 8.42. The molecule has 0 aromatic heterocycles. The highest BCUT2D eigenvalue weighted by atomic mass is 16.5.